The number of sulfone groups is 1. The van der Waals surface area contributed by atoms with Crippen molar-refractivity contribution in [2.24, 2.45) is 0 Å². The van der Waals surface area contributed by atoms with Gasteiger partial charge in [0.05, 0.1) is 6.10 Å². The predicted molar refractivity (Wildman–Crippen MR) is 56.0 cm³/mol. The lowest BCUT2D eigenvalue weighted by Crippen LogP contribution is -2.08. The molecule has 0 aromatic carbocycles. The second kappa shape index (κ2) is 4.24. The molecular weight excluding hydrogens is 216 g/mol. The van der Waals surface area contributed by atoms with Crippen LogP contribution < -0.4 is 0 Å². The molecule has 0 fully saturated rings. The van der Waals surface area contributed by atoms with Gasteiger partial charge >= 0.3 is 0 Å². The van der Waals surface area contributed by atoms with Gasteiger partial charge in [0.1, 0.15) is 11.6 Å². The molecule has 15 heavy (non-hydrogen) atoms. The molecule has 0 bridgehead atoms. The molecule has 84 valence electrons. The first-order chi connectivity index (χ1) is 6.79. The quantitative estimate of drug-likeness (QED) is 0.812. The Bertz CT molecular complexity index is 454. The lowest BCUT2D eigenvalue weighted by atomic mass is 10.1. The summed E-state index contributed by atoms with van der Waals surface area (Å²) in [6.07, 6.45) is 1.96. The minimum absolute atomic E-state index is 0.173. The van der Waals surface area contributed by atoms with E-state index in [0.29, 0.717) is 11.3 Å². The summed E-state index contributed by atoms with van der Waals surface area (Å²) in [5.74, 6) is 0.0906. The molecular formula is C9H14N2O3S. The van der Waals surface area contributed by atoms with Crippen LogP contribution in [0.2, 0.25) is 0 Å². The third-order valence-corrected chi connectivity index (χ3v) is 2.69. The smallest absolute Gasteiger partial charge is 0.154 e. The molecule has 1 aromatic rings. The van der Waals surface area contributed by atoms with Crippen LogP contribution in [0.4, 0.5) is 0 Å². The topological polar surface area (TPSA) is 80.2 Å². The zero-order chi connectivity index (χ0) is 11.6. The molecule has 0 aliphatic heterocycles. The third-order valence-electron chi connectivity index (χ3n) is 1.91. The van der Waals surface area contributed by atoms with Crippen LogP contribution in [0.25, 0.3) is 0 Å². The minimum Gasteiger partial charge on any atom is -0.389 e. The highest BCUT2D eigenvalue weighted by Gasteiger charge is 2.11. The molecule has 0 spiro atoms. The average molecular weight is 230 g/mol. The lowest BCUT2D eigenvalue weighted by molar-refractivity contribution is 0.197. The molecule has 0 unspecified atom stereocenters. The zero-order valence-corrected chi connectivity index (χ0v) is 9.74. The highest BCUT2D eigenvalue weighted by molar-refractivity contribution is 7.89. The third kappa shape index (κ3) is 3.56. The Kier molecular flexibility index (Phi) is 3.41. The van der Waals surface area contributed by atoms with Gasteiger partial charge in [0, 0.05) is 23.7 Å². The van der Waals surface area contributed by atoms with Crippen LogP contribution in [-0.2, 0) is 15.6 Å². The molecule has 1 rings (SSSR count). The Labute approximate surface area is 89.1 Å². The van der Waals surface area contributed by atoms with Gasteiger partial charge in [0.25, 0.3) is 0 Å². The van der Waals surface area contributed by atoms with Gasteiger partial charge < -0.3 is 5.11 Å². The maximum atomic E-state index is 11.0. The van der Waals surface area contributed by atoms with Crippen molar-refractivity contribution in [1.29, 1.82) is 0 Å². The van der Waals surface area contributed by atoms with Crippen molar-refractivity contribution < 1.29 is 13.5 Å². The zero-order valence-electron chi connectivity index (χ0n) is 8.93. The monoisotopic (exact) mass is 230 g/mol. The van der Waals surface area contributed by atoms with E-state index in [2.05, 4.69) is 9.97 Å². The number of aliphatic hydroxyl groups is 1. The molecule has 0 aliphatic carbocycles. The Morgan fingerprint density at radius 1 is 1.53 bits per heavy atom. The maximum Gasteiger partial charge on any atom is 0.154 e. The van der Waals surface area contributed by atoms with Gasteiger partial charge in [-0.05, 0) is 13.8 Å². The highest BCUT2D eigenvalue weighted by Crippen LogP contribution is 2.14. The summed E-state index contributed by atoms with van der Waals surface area (Å²) in [7, 11) is -3.11. The van der Waals surface area contributed by atoms with Gasteiger partial charge in [-0.2, -0.15) is 0 Å². The van der Waals surface area contributed by atoms with Gasteiger partial charge in [0.2, 0.25) is 0 Å². The molecule has 0 saturated carbocycles. The second-order valence-corrected chi connectivity index (χ2v) is 5.71. The Morgan fingerprint density at radius 2 is 2.13 bits per heavy atom. The summed E-state index contributed by atoms with van der Waals surface area (Å²) in [5.41, 5.74) is 1.23. The first kappa shape index (κ1) is 12.1. The van der Waals surface area contributed by atoms with Gasteiger partial charge in [-0.1, -0.05) is 0 Å². The highest BCUT2D eigenvalue weighted by atomic mass is 32.2. The van der Waals surface area contributed by atoms with Gasteiger partial charge in [-0.15, -0.1) is 0 Å². The number of rotatable bonds is 3. The van der Waals surface area contributed by atoms with Crippen molar-refractivity contribution in [3.05, 3.63) is 23.3 Å². The SMILES string of the molecule is Cc1nc(CS(C)(=O)=O)ncc1[C@@H](C)O. The van der Waals surface area contributed by atoms with Crippen LogP contribution in [0, 0.1) is 6.92 Å². The van der Waals surface area contributed by atoms with E-state index in [9.17, 15) is 13.5 Å². The van der Waals surface area contributed by atoms with Crippen LogP contribution in [0.5, 0.6) is 0 Å². The fraction of sp³-hybridized carbons (Fsp3) is 0.556. The summed E-state index contributed by atoms with van der Waals surface area (Å²) < 4.78 is 22.0. The summed E-state index contributed by atoms with van der Waals surface area (Å²) in [5, 5.41) is 9.33. The van der Waals surface area contributed by atoms with E-state index in [1.54, 1.807) is 13.8 Å². The standard InChI is InChI=1S/C9H14N2O3S/c1-6-8(7(2)12)4-10-9(11-6)5-15(3,13)14/h4,7,12H,5H2,1-3H3/t7-/m1/s1. The van der Waals surface area contributed by atoms with Crippen molar-refractivity contribution in [2.75, 3.05) is 6.26 Å². The van der Waals surface area contributed by atoms with E-state index >= 15 is 0 Å². The number of nitrogens with zero attached hydrogens (tertiary/aromatic N) is 2. The number of hydrogen-bond acceptors (Lipinski definition) is 5. The van der Waals surface area contributed by atoms with Crippen molar-refractivity contribution in [3.63, 3.8) is 0 Å². The van der Waals surface area contributed by atoms with Crippen LogP contribution in [0.1, 0.15) is 30.1 Å². The van der Waals surface area contributed by atoms with Crippen LogP contribution in [0.15, 0.2) is 6.20 Å². The number of aliphatic hydroxyl groups excluding tert-OH is 1. The normalized spacial score (nSPS) is 13.9. The first-order valence-corrected chi connectivity index (χ1v) is 6.54. The summed E-state index contributed by atoms with van der Waals surface area (Å²) >= 11 is 0. The Morgan fingerprint density at radius 3 is 2.53 bits per heavy atom. The minimum atomic E-state index is -3.11. The molecule has 0 amide bonds. The lowest BCUT2D eigenvalue weighted by Gasteiger charge is -2.08. The molecule has 6 heteroatoms. The fourth-order valence-corrected chi connectivity index (χ4v) is 1.85. The summed E-state index contributed by atoms with van der Waals surface area (Å²) in [6, 6.07) is 0. The van der Waals surface area contributed by atoms with Crippen molar-refractivity contribution in [3.8, 4) is 0 Å². The van der Waals surface area contributed by atoms with Crippen molar-refractivity contribution in [2.45, 2.75) is 25.7 Å². The van der Waals surface area contributed by atoms with E-state index in [1.165, 1.54) is 6.20 Å². The van der Waals surface area contributed by atoms with E-state index < -0.39 is 15.9 Å². The number of hydrogen-bond donors (Lipinski definition) is 1. The van der Waals surface area contributed by atoms with E-state index in [0.717, 1.165) is 6.26 Å². The van der Waals surface area contributed by atoms with Gasteiger partial charge in [-0.3, -0.25) is 0 Å². The van der Waals surface area contributed by atoms with Crippen LogP contribution in [-0.4, -0.2) is 29.7 Å². The molecule has 0 saturated heterocycles. The molecule has 0 aliphatic rings. The molecule has 0 radical (unpaired) electrons. The molecule has 1 N–H and O–H groups in total. The van der Waals surface area contributed by atoms with Crippen molar-refractivity contribution in [1.82, 2.24) is 9.97 Å². The summed E-state index contributed by atoms with van der Waals surface area (Å²) in [4.78, 5) is 7.93. The van der Waals surface area contributed by atoms with E-state index in [4.69, 9.17) is 0 Å². The molecule has 1 atom stereocenters. The van der Waals surface area contributed by atoms with Crippen LogP contribution >= 0.6 is 0 Å². The largest absolute Gasteiger partial charge is 0.389 e. The maximum absolute atomic E-state index is 11.0. The van der Waals surface area contributed by atoms with E-state index in [1.807, 2.05) is 0 Å². The van der Waals surface area contributed by atoms with Crippen molar-refractivity contribution >= 4 is 9.84 Å². The number of aromatic nitrogens is 2. The molecule has 1 heterocycles. The fourth-order valence-electron chi connectivity index (χ4n) is 1.24. The van der Waals surface area contributed by atoms with E-state index in [-0.39, 0.29) is 11.6 Å². The Balaban J connectivity index is 3.02. The Hall–Kier alpha value is -1.01. The first-order valence-electron chi connectivity index (χ1n) is 4.48. The average Bonchev–Trinajstić information content (AvgIpc) is 1.99. The van der Waals surface area contributed by atoms with Crippen LogP contribution in [0.3, 0.4) is 0 Å². The summed E-state index contributed by atoms with van der Waals surface area (Å²) in [6.45, 7) is 3.33. The molecule has 5 nitrogen and oxygen atoms in total. The van der Waals surface area contributed by atoms with Gasteiger partial charge in [0.15, 0.2) is 9.84 Å². The predicted octanol–water partition coefficient (Wildman–Crippen LogP) is 0.383. The number of aryl methyl sites for hydroxylation is 1. The second-order valence-electron chi connectivity index (χ2n) is 3.57. The van der Waals surface area contributed by atoms with Gasteiger partial charge in [-0.25, -0.2) is 18.4 Å². The molecule has 1 aromatic heterocycles.